The summed E-state index contributed by atoms with van der Waals surface area (Å²) in [6.07, 6.45) is 3.78. The second-order valence-corrected chi connectivity index (χ2v) is 8.30. The van der Waals surface area contributed by atoms with E-state index in [1.807, 2.05) is 6.07 Å². The molecule has 2 aromatic heterocycles. The zero-order valence-electron chi connectivity index (χ0n) is 10.4. The molecule has 0 aliphatic heterocycles. The maximum absolute atomic E-state index is 12.0. The van der Waals surface area contributed by atoms with Crippen molar-refractivity contribution in [3.63, 3.8) is 0 Å². The fourth-order valence-electron chi connectivity index (χ4n) is 1.80. The number of halogens is 1. The van der Waals surface area contributed by atoms with Crippen molar-refractivity contribution in [2.45, 2.75) is 29.5 Å². The maximum Gasteiger partial charge on any atom is 0.250 e. The van der Waals surface area contributed by atoms with Gasteiger partial charge in [0.15, 0.2) is 0 Å². The van der Waals surface area contributed by atoms with Gasteiger partial charge in [-0.25, -0.2) is 23.1 Å². The number of nitrogens with zero attached hydrogens (tertiary/aromatic N) is 2. The highest BCUT2D eigenvalue weighted by Crippen LogP contribution is 2.38. The van der Waals surface area contributed by atoms with Crippen LogP contribution >= 0.6 is 22.9 Å². The molecule has 0 atom stereocenters. The van der Waals surface area contributed by atoms with E-state index in [9.17, 15) is 8.42 Å². The molecule has 2 aromatic rings. The molecule has 0 saturated heterocycles. The highest BCUT2D eigenvalue weighted by Gasteiger charge is 2.25. The summed E-state index contributed by atoms with van der Waals surface area (Å²) in [5.41, 5.74) is 1.67. The molecule has 1 aliphatic carbocycles. The van der Waals surface area contributed by atoms with Crippen molar-refractivity contribution < 1.29 is 8.42 Å². The fourth-order valence-corrected chi connectivity index (χ4v) is 4.32. The summed E-state index contributed by atoms with van der Waals surface area (Å²) >= 11 is 6.78. The van der Waals surface area contributed by atoms with Crippen LogP contribution in [0.5, 0.6) is 0 Å². The van der Waals surface area contributed by atoms with Crippen molar-refractivity contribution in [3.8, 4) is 0 Å². The van der Waals surface area contributed by atoms with Gasteiger partial charge in [0.05, 0.1) is 16.6 Å². The molecule has 8 heteroatoms. The predicted octanol–water partition coefficient (Wildman–Crippen LogP) is 2.55. The standard InChI is InChI=1S/C12H12ClN3O2S2/c13-11-3-4-12(19-11)20(17,18)16-6-9-5-10(8-1-2-8)15-7-14-9/h3-5,7-8,16H,1-2,6H2. The Kier molecular flexibility index (Phi) is 3.76. The summed E-state index contributed by atoms with van der Waals surface area (Å²) in [6.45, 7) is 0.153. The van der Waals surface area contributed by atoms with Crippen LogP contribution in [0.4, 0.5) is 0 Å². The molecule has 0 aromatic carbocycles. The van der Waals surface area contributed by atoms with Crippen LogP contribution in [0.25, 0.3) is 0 Å². The van der Waals surface area contributed by atoms with Gasteiger partial charge in [-0.05, 0) is 31.0 Å². The Hall–Kier alpha value is -1.02. The second kappa shape index (κ2) is 5.40. The molecule has 0 unspecified atom stereocenters. The lowest BCUT2D eigenvalue weighted by atomic mass is 10.2. The SMILES string of the molecule is O=S(=O)(NCc1cc(C2CC2)ncn1)c1ccc(Cl)s1. The van der Waals surface area contributed by atoms with Gasteiger partial charge in [0.1, 0.15) is 10.5 Å². The zero-order chi connectivity index (χ0) is 14.2. The van der Waals surface area contributed by atoms with Crippen LogP contribution in [0.2, 0.25) is 4.34 Å². The Morgan fingerprint density at radius 2 is 2.15 bits per heavy atom. The van der Waals surface area contributed by atoms with E-state index in [2.05, 4.69) is 14.7 Å². The van der Waals surface area contributed by atoms with Gasteiger partial charge in [0.25, 0.3) is 0 Å². The van der Waals surface area contributed by atoms with Crippen LogP contribution in [0.1, 0.15) is 30.1 Å². The molecule has 20 heavy (non-hydrogen) atoms. The largest absolute Gasteiger partial charge is 0.250 e. The summed E-state index contributed by atoms with van der Waals surface area (Å²) in [6, 6.07) is 4.92. The highest BCUT2D eigenvalue weighted by molar-refractivity contribution is 7.91. The number of sulfonamides is 1. The minimum Gasteiger partial charge on any atom is -0.241 e. The third-order valence-electron chi connectivity index (χ3n) is 3.00. The van der Waals surface area contributed by atoms with Gasteiger partial charge in [0, 0.05) is 11.6 Å². The summed E-state index contributed by atoms with van der Waals surface area (Å²) < 4.78 is 27.3. The second-order valence-electron chi connectivity index (χ2n) is 4.59. The third kappa shape index (κ3) is 3.17. The molecular weight excluding hydrogens is 318 g/mol. The van der Waals surface area contributed by atoms with Crippen molar-refractivity contribution in [2.24, 2.45) is 0 Å². The fraction of sp³-hybridized carbons (Fsp3) is 0.333. The van der Waals surface area contributed by atoms with Crippen LogP contribution in [0.15, 0.2) is 28.7 Å². The highest BCUT2D eigenvalue weighted by atomic mass is 35.5. The molecule has 0 bridgehead atoms. The Morgan fingerprint density at radius 1 is 1.35 bits per heavy atom. The van der Waals surface area contributed by atoms with Crippen molar-refractivity contribution >= 4 is 33.0 Å². The van der Waals surface area contributed by atoms with Gasteiger partial charge in [-0.2, -0.15) is 0 Å². The first-order valence-electron chi connectivity index (χ1n) is 6.10. The molecule has 1 fully saturated rings. The first-order chi connectivity index (χ1) is 9.54. The molecule has 3 rings (SSSR count). The molecule has 1 aliphatic rings. The van der Waals surface area contributed by atoms with Crippen LogP contribution < -0.4 is 4.72 Å². The number of rotatable bonds is 5. The smallest absolute Gasteiger partial charge is 0.241 e. The molecule has 0 radical (unpaired) electrons. The van der Waals surface area contributed by atoms with Crippen molar-refractivity contribution in [2.75, 3.05) is 0 Å². The minimum atomic E-state index is -3.53. The summed E-state index contributed by atoms with van der Waals surface area (Å²) in [4.78, 5) is 8.29. The Morgan fingerprint density at radius 3 is 2.80 bits per heavy atom. The lowest BCUT2D eigenvalue weighted by molar-refractivity contribution is 0.582. The Bertz CT molecular complexity index is 726. The first kappa shape index (κ1) is 13.9. The molecule has 0 spiro atoms. The maximum atomic E-state index is 12.0. The van der Waals surface area contributed by atoms with Crippen molar-refractivity contribution in [1.29, 1.82) is 0 Å². The lowest BCUT2D eigenvalue weighted by Gasteiger charge is -2.05. The first-order valence-corrected chi connectivity index (χ1v) is 8.78. The van der Waals surface area contributed by atoms with E-state index in [-0.39, 0.29) is 10.8 Å². The molecule has 5 nitrogen and oxygen atoms in total. The Balaban J connectivity index is 1.71. The van der Waals surface area contributed by atoms with E-state index in [0.29, 0.717) is 15.9 Å². The van der Waals surface area contributed by atoms with Crippen molar-refractivity contribution in [1.82, 2.24) is 14.7 Å². The molecule has 1 saturated carbocycles. The molecule has 106 valence electrons. The minimum absolute atomic E-state index is 0.153. The summed E-state index contributed by atoms with van der Waals surface area (Å²) in [7, 11) is -3.53. The number of thiophene rings is 1. The van der Waals surface area contributed by atoms with Crippen LogP contribution in [0, 0.1) is 0 Å². The van der Waals surface area contributed by atoms with E-state index < -0.39 is 10.0 Å². The van der Waals surface area contributed by atoms with Gasteiger partial charge < -0.3 is 0 Å². The topological polar surface area (TPSA) is 72.0 Å². The van der Waals surface area contributed by atoms with E-state index in [0.717, 1.165) is 29.9 Å². The van der Waals surface area contributed by atoms with Crippen molar-refractivity contribution in [3.05, 3.63) is 40.3 Å². The van der Waals surface area contributed by atoms with Gasteiger partial charge in [-0.3, -0.25) is 0 Å². The zero-order valence-corrected chi connectivity index (χ0v) is 12.8. The summed E-state index contributed by atoms with van der Waals surface area (Å²) in [5, 5.41) is 0. The number of hydrogen-bond donors (Lipinski definition) is 1. The van der Waals surface area contributed by atoms with Gasteiger partial charge in [-0.1, -0.05) is 11.6 Å². The molecular formula is C12H12ClN3O2S2. The van der Waals surface area contributed by atoms with Crippen LogP contribution in [-0.4, -0.2) is 18.4 Å². The van der Waals surface area contributed by atoms with E-state index in [1.165, 1.54) is 12.4 Å². The van der Waals surface area contributed by atoms with Crippen LogP contribution in [0.3, 0.4) is 0 Å². The van der Waals surface area contributed by atoms with Gasteiger partial charge in [-0.15, -0.1) is 11.3 Å². The predicted molar refractivity (Wildman–Crippen MR) is 77.4 cm³/mol. The third-order valence-corrected chi connectivity index (χ3v) is 6.12. The quantitative estimate of drug-likeness (QED) is 0.915. The lowest BCUT2D eigenvalue weighted by Crippen LogP contribution is -2.23. The number of nitrogens with one attached hydrogen (secondary N) is 1. The molecule has 0 amide bonds. The average Bonchev–Trinajstić information content (AvgIpc) is 3.19. The monoisotopic (exact) mass is 329 g/mol. The van der Waals surface area contributed by atoms with Gasteiger partial charge in [0.2, 0.25) is 10.0 Å². The van der Waals surface area contributed by atoms with E-state index in [1.54, 1.807) is 6.07 Å². The van der Waals surface area contributed by atoms with Gasteiger partial charge >= 0.3 is 0 Å². The molecule has 1 N–H and O–H groups in total. The van der Waals surface area contributed by atoms with E-state index >= 15 is 0 Å². The number of hydrogen-bond acceptors (Lipinski definition) is 5. The normalized spacial score (nSPS) is 15.4. The van der Waals surface area contributed by atoms with E-state index in [4.69, 9.17) is 11.6 Å². The summed E-state index contributed by atoms with van der Waals surface area (Å²) in [5.74, 6) is 0.518. The average molecular weight is 330 g/mol. The molecule has 2 heterocycles. The van der Waals surface area contributed by atoms with Crippen LogP contribution in [-0.2, 0) is 16.6 Å². The number of aromatic nitrogens is 2. The Labute approximate surface area is 126 Å².